The number of likely N-dealkylation sites (N-methyl/N-ethyl adjacent to an activating group) is 1. The lowest BCUT2D eigenvalue weighted by Gasteiger charge is -2.35. The highest BCUT2D eigenvalue weighted by molar-refractivity contribution is 6.21. The number of amides is 3. The van der Waals surface area contributed by atoms with Crippen LogP contribution in [0.25, 0.3) is 0 Å². The molecule has 2 aromatic carbocycles. The summed E-state index contributed by atoms with van der Waals surface area (Å²) in [6, 6.07) is 13.6. The zero-order valence-corrected chi connectivity index (χ0v) is 23.5. The molecule has 5 rings (SSSR count). The van der Waals surface area contributed by atoms with Gasteiger partial charge in [-0.25, -0.2) is 13.8 Å². The van der Waals surface area contributed by atoms with E-state index in [9.17, 15) is 28.8 Å². The molecular formula is C30H31N4O7+. The zero-order chi connectivity index (χ0) is 29.9. The van der Waals surface area contributed by atoms with Crippen molar-refractivity contribution in [3.63, 3.8) is 0 Å². The molecule has 3 heterocycles. The number of aryl methyl sites for hydroxylation is 1. The fourth-order valence-electron chi connectivity index (χ4n) is 5.59. The molecule has 1 unspecified atom stereocenters. The Kier molecular flexibility index (Phi) is 6.65. The highest BCUT2D eigenvalue weighted by atomic mass is 16.6. The summed E-state index contributed by atoms with van der Waals surface area (Å²) < 4.78 is 6.97. The zero-order valence-electron chi connectivity index (χ0n) is 23.5. The van der Waals surface area contributed by atoms with Crippen molar-refractivity contribution in [2.24, 2.45) is 0 Å². The van der Waals surface area contributed by atoms with E-state index < -0.39 is 57.4 Å². The number of quaternary nitrogens is 1. The number of ether oxygens (including phenoxy) is 1. The molecule has 0 aliphatic carbocycles. The van der Waals surface area contributed by atoms with E-state index in [0.717, 1.165) is 4.90 Å². The van der Waals surface area contributed by atoms with Crippen LogP contribution in [-0.4, -0.2) is 67.6 Å². The van der Waals surface area contributed by atoms with Gasteiger partial charge in [0, 0.05) is 23.7 Å². The number of hydrogen-bond donors (Lipinski definition) is 0. The number of imide groups is 1. The first-order valence-corrected chi connectivity index (χ1v) is 13.2. The van der Waals surface area contributed by atoms with Crippen LogP contribution in [0.1, 0.15) is 70.0 Å². The standard InChI is InChI=1S/C30H31N4O7/c1-18-16-31(28(39)33(24(18)35)25(36)19-11-7-6-8-12-19)23-15-20(17-34(23,5)29(40)41-30(2,3)4)32-26(37)21-13-9-10-14-22(21)27(32)38/h6-14,16,20,23H,15,17H2,1-5H3/q+1/t20-,23+,34?/m0/s1. The summed E-state index contributed by atoms with van der Waals surface area (Å²) in [5.41, 5.74) is -1.81. The average Bonchev–Trinajstić information content (AvgIpc) is 3.40. The molecule has 0 radical (unpaired) electrons. The monoisotopic (exact) mass is 559 g/mol. The van der Waals surface area contributed by atoms with Crippen LogP contribution in [0.15, 0.2) is 70.4 Å². The second kappa shape index (κ2) is 9.77. The molecule has 1 saturated heterocycles. The normalized spacial score (nSPS) is 22.1. The third-order valence-corrected chi connectivity index (χ3v) is 7.56. The van der Waals surface area contributed by atoms with E-state index in [1.54, 1.807) is 70.3 Å². The van der Waals surface area contributed by atoms with Gasteiger partial charge in [0.1, 0.15) is 12.1 Å². The molecular weight excluding hydrogens is 528 g/mol. The number of aromatic nitrogens is 2. The predicted molar refractivity (Wildman–Crippen MR) is 148 cm³/mol. The maximum absolute atomic E-state index is 13.9. The second-order valence-corrected chi connectivity index (χ2v) is 11.6. The van der Waals surface area contributed by atoms with Crippen molar-refractivity contribution in [2.45, 2.75) is 51.9 Å². The number of nitrogens with zero attached hydrogens (tertiary/aromatic N) is 4. The molecule has 0 saturated carbocycles. The van der Waals surface area contributed by atoms with Crippen molar-refractivity contribution >= 4 is 23.8 Å². The minimum Gasteiger partial charge on any atom is -0.414 e. The van der Waals surface area contributed by atoms with Crippen molar-refractivity contribution in [1.82, 2.24) is 14.0 Å². The van der Waals surface area contributed by atoms with Crippen LogP contribution >= 0.6 is 0 Å². The maximum Gasteiger partial charge on any atom is 0.518 e. The molecule has 1 aromatic heterocycles. The van der Waals surface area contributed by atoms with Gasteiger partial charge in [-0.05, 0) is 52.0 Å². The molecule has 11 nitrogen and oxygen atoms in total. The topological polar surface area (TPSA) is 125 Å². The van der Waals surface area contributed by atoms with Gasteiger partial charge in [-0.3, -0.25) is 24.1 Å². The van der Waals surface area contributed by atoms with E-state index in [4.69, 9.17) is 4.74 Å². The Hall–Kier alpha value is -4.64. The summed E-state index contributed by atoms with van der Waals surface area (Å²) in [4.78, 5) is 81.8. The van der Waals surface area contributed by atoms with Crippen LogP contribution in [-0.2, 0) is 4.74 Å². The van der Waals surface area contributed by atoms with Gasteiger partial charge < -0.3 is 4.74 Å². The molecule has 2 aliphatic rings. The van der Waals surface area contributed by atoms with Gasteiger partial charge in [0.05, 0.1) is 24.2 Å². The van der Waals surface area contributed by atoms with Crippen LogP contribution in [0.5, 0.6) is 0 Å². The highest BCUT2D eigenvalue weighted by Crippen LogP contribution is 2.39. The second-order valence-electron chi connectivity index (χ2n) is 11.6. The lowest BCUT2D eigenvalue weighted by atomic mass is 10.1. The van der Waals surface area contributed by atoms with E-state index in [2.05, 4.69) is 0 Å². The average molecular weight is 560 g/mol. The van der Waals surface area contributed by atoms with E-state index in [-0.39, 0.29) is 35.2 Å². The van der Waals surface area contributed by atoms with Gasteiger partial charge in [0.25, 0.3) is 23.3 Å². The van der Waals surface area contributed by atoms with Crippen LogP contribution in [0.3, 0.4) is 0 Å². The molecule has 11 heteroatoms. The lowest BCUT2D eigenvalue weighted by Crippen LogP contribution is -2.57. The highest BCUT2D eigenvalue weighted by Gasteiger charge is 2.57. The summed E-state index contributed by atoms with van der Waals surface area (Å²) in [6.45, 7) is 6.56. The van der Waals surface area contributed by atoms with Gasteiger partial charge >= 0.3 is 11.8 Å². The smallest absolute Gasteiger partial charge is 0.414 e. The summed E-state index contributed by atoms with van der Waals surface area (Å²) in [6.07, 6.45) is -0.354. The number of rotatable bonds is 3. The van der Waals surface area contributed by atoms with Crippen LogP contribution in [0.4, 0.5) is 4.79 Å². The van der Waals surface area contributed by atoms with Crippen molar-refractivity contribution in [3.8, 4) is 0 Å². The number of likely N-dealkylation sites (tertiary alicyclic amines) is 1. The molecule has 212 valence electrons. The first kappa shape index (κ1) is 27.9. The van der Waals surface area contributed by atoms with Crippen LogP contribution in [0.2, 0.25) is 0 Å². The molecule has 0 N–H and O–H groups in total. The molecule has 0 spiro atoms. The third-order valence-electron chi connectivity index (χ3n) is 7.56. The quantitative estimate of drug-likeness (QED) is 0.357. The minimum absolute atomic E-state index is 0.0122. The molecule has 3 amide bonds. The van der Waals surface area contributed by atoms with Crippen molar-refractivity contribution < 1.29 is 28.4 Å². The Morgan fingerprint density at radius 3 is 2.02 bits per heavy atom. The fourth-order valence-corrected chi connectivity index (χ4v) is 5.59. The first-order chi connectivity index (χ1) is 19.2. The molecule has 2 aliphatic heterocycles. The van der Waals surface area contributed by atoms with Crippen LogP contribution in [0, 0.1) is 6.92 Å². The van der Waals surface area contributed by atoms with Gasteiger partial charge in [-0.2, -0.15) is 9.36 Å². The van der Waals surface area contributed by atoms with Crippen molar-refractivity contribution in [3.05, 3.63) is 104 Å². The van der Waals surface area contributed by atoms with E-state index >= 15 is 0 Å². The Morgan fingerprint density at radius 1 is 0.902 bits per heavy atom. The number of carbonyl (C=O) groups is 4. The Balaban J connectivity index is 1.64. The molecule has 1 fully saturated rings. The van der Waals surface area contributed by atoms with Crippen molar-refractivity contribution in [2.75, 3.05) is 13.6 Å². The van der Waals surface area contributed by atoms with E-state index in [0.29, 0.717) is 4.57 Å². The minimum atomic E-state index is -0.999. The Bertz CT molecular complexity index is 1680. The molecule has 3 atom stereocenters. The molecule has 41 heavy (non-hydrogen) atoms. The summed E-state index contributed by atoms with van der Waals surface area (Å²) in [5.74, 6) is -1.78. The van der Waals surface area contributed by atoms with Gasteiger partial charge in [0.15, 0.2) is 6.17 Å². The van der Waals surface area contributed by atoms with Gasteiger partial charge in [0.2, 0.25) is 0 Å². The maximum atomic E-state index is 13.9. The van der Waals surface area contributed by atoms with Gasteiger partial charge in [-0.1, -0.05) is 30.3 Å². The predicted octanol–water partition coefficient (Wildman–Crippen LogP) is 2.96. The largest absolute Gasteiger partial charge is 0.518 e. The van der Waals surface area contributed by atoms with E-state index in [1.165, 1.54) is 29.8 Å². The summed E-state index contributed by atoms with van der Waals surface area (Å²) in [5, 5.41) is 0. The number of carbonyl (C=O) groups excluding carboxylic acids is 4. The molecule has 3 aromatic rings. The Morgan fingerprint density at radius 2 is 1.46 bits per heavy atom. The summed E-state index contributed by atoms with van der Waals surface area (Å²) >= 11 is 0. The lowest BCUT2D eigenvalue weighted by molar-refractivity contribution is -0.867. The summed E-state index contributed by atoms with van der Waals surface area (Å²) in [7, 11) is 1.56. The fraction of sp³-hybridized carbons (Fsp3) is 0.333. The molecule has 0 bridgehead atoms. The Labute approximate surface area is 235 Å². The number of fused-ring (bicyclic) bond motifs is 1. The van der Waals surface area contributed by atoms with E-state index in [1.807, 2.05) is 0 Å². The third kappa shape index (κ3) is 4.61. The number of hydrogen-bond acceptors (Lipinski definition) is 7. The SMILES string of the molecule is Cc1cn([C@H]2C[C@H](N3C(=O)c4ccccc4C3=O)C[N+]2(C)C(=O)OC(C)(C)C)c(=O)n(C(=O)c2ccccc2)c1=O. The first-order valence-electron chi connectivity index (χ1n) is 13.2. The van der Waals surface area contributed by atoms with Gasteiger partial charge in [-0.15, -0.1) is 0 Å². The van der Waals surface area contributed by atoms with Crippen LogP contribution < -0.4 is 11.2 Å². The number of benzene rings is 2. The van der Waals surface area contributed by atoms with Crippen molar-refractivity contribution in [1.29, 1.82) is 0 Å².